The number of nitrogens with one attached hydrogen (secondary N) is 2. The summed E-state index contributed by atoms with van der Waals surface area (Å²) in [6, 6.07) is 0.554. The van der Waals surface area contributed by atoms with E-state index in [1.54, 1.807) is 7.05 Å². The molecule has 2 aliphatic rings. The van der Waals surface area contributed by atoms with Crippen LogP contribution in [0.25, 0.3) is 11.2 Å². The third kappa shape index (κ3) is 2.80. The van der Waals surface area contributed by atoms with E-state index in [0.29, 0.717) is 23.2 Å². The van der Waals surface area contributed by atoms with Gasteiger partial charge in [0, 0.05) is 46.3 Å². The van der Waals surface area contributed by atoms with Crippen molar-refractivity contribution in [3.05, 3.63) is 20.8 Å². The average molecular weight is 363 g/mol. The molecular formula is C15H21N7O2S. The van der Waals surface area contributed by atoms with Crippen LogP contribution in [0.1, 0.15) is 12.8 Å². The number of imidazole rings is 1. The highest BCUT2D eigenvalue weighted by atomic mass is 32.1. The van der Waals surface area contributed by atoms with Crippen LogP contribution in [-0.4, -0.2) is 61.3 Å². The fraction of sp³-hybridized carbons (Fsp3) is 0.600. The van der Waals surface area contributed by atoms with Crippen LogP contribution in [0.3, 0.4) is 0 Å². The van der Waals surface area contributed by atoms with E-state index < -0.39 is 0 Å². The molecule has 2 N–H and O–H groups in total. The summed E-state index contributed by atoms with van der Waals surface area (Å²) in [5, 5.41) is 4.18. The predicted octanol–water partition coefficient (Wildman–Crippen LogP) is -0.881. The van der Waals surface area contributed by atoms with Gasteiger partial charge in [-0.2, -0.15) is 4.98 Å². The van der Waals surface area contributed by atoms with E-state index in [9.17, 15) is 9.59 Å². The van der Waals surface area contributed by atoms with Gasteiger partial charge in [0.05, 0.1) is 0 Å². The lowest BCUT2D eigenvalue weighted by Crippen LogP contribution is -2.52. The van der Waals surface area contributed by atoms with Crippen LogP contribution < -0.4 is 21.5 Å². The first-order valence-corrected chi connectivity index (χ1v) is 8.82. The summed E-state index contributed by atoms with van der Waals surface area (Å²) in [7, 11) is 3.09. The number of rotatable bonds is 2. The van der Waals surface area contributed by atoms with Crippen molar-refractivity contribution in [1.29, 1.82) is 0 Å². The molecule has 0 amide bonds. The van der Waals surface area contributed by atoms with Crippen molar-refractivity contribution in [1.82, 2.24) is 29.3 Å². The van der Waals surface area contributed by atoms with Crippen molar-refractivity contribution in [2.75, 3.05) is 31.1 Å². The molecule has 0 unspecified atom stereocenters. The molecule has 0 spiro atoms. The van der Waals surface area contributed by atoms with E-state index >= 15 is 0 Å². The molecule has 3 heterocycles. The Hall–Kier alpha value is -2.36. The summed E-state index contributed by atoms with van der Waals surface area (Å²) >= 11 is 5.45. The van der Waals surface area contributed by atoms with Crippen LogP contribution >= 0.6 is 12.2 Å². The number of aromatic amines is 1. The van der Waals surface area contributed by atoms with Crippen LogP contribution in [0.4, 0.5) is 5.95 Å². The molecule has 25 heavy (non-hydrogen) atoms. The second-order valence-corrected chi connectivity index (χ2v) is 7.05. The molecule has 0 atom stereocenters. The topological polar surface area (TPSA) is 91.2 Å². The van der Waals surface area contributed by atoms with Crippen LogP contribution in [0, 0.1) is 0 Å². The second kappa shape index (κ2) is 5.87. The van der Waals surface area contributed by atoms with E-state index in [1.807, 2.05) is 0 Å². The first kappa shape index (κ1) is 16.1. The maximum atomic E-state index is 12.3. The smallest absolute Gasteiger partial charge is 0.332 e. The van der Waals surface area contributed by atoms with E-state index in [0.717, 1.165) is 35.9 Å². The molecule has 1 saturated carbocycles. The lowest BCUT2D eigenvalue weighted by Gasteiger charge is -2.36. The zero-order valence-electron chi connectivity index (χ0n) is 14.3. The number of aryl methyl sites for hydroxylation is 1. The van der Waals surface area contributed by atoms with Crippen molar-refractivity contribution < 1.29 is 0 Å². The van der Waals surface area contributed by atoms with Gasteiger partial charge in [-0.05, 0) is 25.1 Å². The summed E-state index contributed by atoms with van der Waals surface area (Å²) in [5.74, 6) is 0.619. The fourth-order valence-corrected chi connectivity index (χ4v) is 3.43. The number of piperazine rings is 1. The minimum absolute atomic E-state index is 0.355. The van der Waals surface area contributed by atoms with Crippen LogP contribution in [0.2, 0.25) is 0 Å². The SMILES string of the molecule is Cn1c(=O)c2[nH]c(N3CCN(C(=S)NC4CC4)CC3)nc2n(C)c1=O. The molecule has 9 nitrogen and oxygen atoms in total. The molecule has 1 aliphatic carbocycles. The molecule has 4 rings (SSSR count). The molecule has 1 aliphatic heterocycles. The molecule has 134 valence electrons. The van der Waals surface area contributed by atoms with Crippen LogP contribution in [0.15, 0.2) is 9.59 Å². The Kier molecular flexibility index (Phi) is 3.78. The molecule has 2 aromatic heterocycles. The zero-order chi connectivity index (χ0) is 17.7. The quantitative estimate of drug-likeness (QED) is 0.670. The lowest BCUT2D eigenvalue weighted by atomic mass is 10.3. The average Bonchev–Trinajstić information content (AvgIpc) is 3.32. The molecule has 1 saturated heterocycles. The highest BCUT2D eigenvalue weighted by Gasteiger charge is 2.26. The summed E-state index contributed by atoms with van der Waals surface area (Å²) in [6.45, 7) is 3.10. The van der Waals surface area contributed by atoms with Crippen molar-refractivity contribution >= 4 is 34.4 Å². The lowest BCUT2D eigenvalue weighted by molar-refractivity contribution is 0.378. The second-order valence-electron chi connectivity index (χ2n) is 6.66. The van der Waals surface area contributed by atoms with Gasteiger partial charge in [-0.15, -0.1) is 0 Å². The van der Waals surface area contributed by atoms with Gasteiger partial charge in [0.2, 0.25) is 5.95 Å². The molecule has 0 radical (unpaired) electrons. The van der Waals surface area contributed by atoms with Gasteiger partial charge in [-0.3, -0.25) is 13.9 Å². The number of anilines is 1. The van der Waals surface area contributed by atoms with Crippen molar-refractivity contribution in [3.8, 4) is 0 Å². The van der Waals surface area contributed by atoms with Gasteiger partial charge in [0.15, 0.2) is 16.3 Å². The van der Waals surface area contributed by atoms with E-state index in [1.165, 1.54) is 24.5 Å². The van der Waals surface area contributed by atoms with Gasteiger partial charge >= 0.3 is 5.69 Å². The summed E-state index contributed by atoms with van der Waals surface area (Å²) in [6.07, 6.45) is 2.40. The Morgan fingerprint density at radius 3 is 2.48 bits per heavy atom. The standard InChI is InChI=1S/C15H21N7O2S/c1-19-11-10(12(23)20(2)15(19)24)17-13(18-11)21-5-7-22(8-6-21)14(25)16-9-3-4-9/h9H,3-8H2,1-2H3,(H,16,25)(H,17,18). The largest absolute Gasteiger partial charge is 0.360 e. The fourth-order valence-electron chi connectivity index (χ4n) is 3.08. The Balaban J connectivity index is 1.54. The Morgan fingerprint density at radius 1 is 1.16 bits per heavy atom. The monoisotopic (exact) mass is 363 g/mol. The Labute approximate surface area is 149 Å². The summed E-state index contributed by atoms with van der Waals surface area (Å²) in [5.41, 5.74) is 0.00608. The van der Waals surface area contributed by atoms with Crippen molar-refractivity contribution in [3.63, 3.8) is 0 Å². The van der Waals surface area contributed by atoms with Gasteiger partial charge in [-0.1, -0.05) is 0 Å². The van der Waals surface area contributed by atoms with E-state index in [-0.39, 0.29) is 11.2 Å². The normalized spacial score (nSPS) is 18.0. The minimum Gasteiger partial charge on any atom is -0.360 e. The molecule has 2 aromatic rings. The summed E-state index contributed by atoms with van der Waals surface area (Å²) < 4.78 is 2.48. The third-order valence-corrected chi connectivity index (χ3v) is 5.23. The maximum Gasteiger partial charge on any atom is 0.332 e. The van der Waals surface area contributed by atoms with E-state index in [4.69, 9.17) is 12.2 Å². The van der Waals surface area contributed by atoms with Crippen LogP contribution in [0.5, 0.6) is 0 Å². The molecule has 0 aromatic carbocycles. The zero-order valence-corrected chi connectivity index (χ0v) is 15.1. The van der Waals surface area contributed by atoms with E-state index in [2.05, 4.69) is 25.1 Å². The van der Waals surface area contributed by atoms with Gasteiger partial charge in [0.25, 0.3) is 5.56 Å². The highest BCUT2D eigenvalue weighted by Crippen LogP contribution is 2.20. The maximum absolute atomic E-state index is 12.3. The van der Waals surface area contributed by atoms with Gasteiger partial charge in [-0.25, -0.2) is 4.79 Å². The number of nitrogens with zero attached hydrogens (tertiary/aromatic N) is 5. The first-order chi connectivity index (χ1) is 12.0. The third-order valence-electron chi connectivity index (χ3n) is 4.85. The number of hydrogen-bond donors (Lipinski definition) is 2. The molecule has 2 fully saturated rings. The van der Waals surface area contributed by atoms with Crippen molar-refractivity contribution in [2.24, 2.45) is 14.1 Å². The Bertz CT molecular complexity index is 947. The Morgan fingerprint density at radius 2 is 1.84 bits per heavy atom. The number of H-pyrrole nitrogens is 1. The number of fused-ring (bicyclic) bond motifs is 1. The summed E-state index contributed by atoms with van der Waals surface area (Å²) in [4.78, 5) is 36.1. The van der Waals surface area contributed by atoms with Crippen LogP contribution in [-0.2, 0) is 14.1 Å². The van der Waals surface area contributed by atoms with Gasteiger partial charge < -0.3 is 20.1 Å². The molecule has 10 heteroatoms. The molecular weight excluding hydrogens is 342 g/mol. The molecule has 0 bridgehead atoms. The first-order valence-electron chi connectivity index (χ1n) is 8.42. The number of hydrogen-bond acceptors (Lipinski definition) is 5. The number of thiocarbonyl (C=S) groups is 1. The highest BCUT2D eigenvalue weighted by molar-refractivity contribution is 7.80. The predicted molar refractivity (Wildman–Crippen MR) is 99.1 cm³/mol. The van der Waals surface area contributed by atoms with Crippen molar-refractivity contribution in [2.45, 2.75) is 18.9 Å². The minimum atomic E-state index is -0.378. The van der Waals surface area contributed by atoms with Gasteiger partial charge in [0.1, 0.15) is 0 Å². The number of aromatic nitrogens is 4.